The molecule has 2 nitrogen and oxygen atoms in total. The van der Waals surface area contributed by atoms with Gasteiger partial charge in [0.15, 0.2) is 0 Å². The molecule has 1 rings (SSSR count). The highest BCUT2D eigenvalue weighted by atomic mass is 32.3. The lowest BCUT2D eigenvalue weighted by molar-refractivity contribution is 0.343. The predicted molar refractivity (Wildman–Crippen MR) is 46.1 cm³/mol. The van der Waals surface area contributed by atoms with Crippen molar-refractivity contribution in [2.75, 3.05) is 0 Å². The fraction of sp³-hybridized carbons (Fsp3) is 1.00. The van der Waals surface area contributed by atoms with Gasteiger partial charge in [0.1, 0.15) is 0 Å². The molecule has 0 heterocycles. The number of hydrogen-bond acceptors (Lipinski definition) is 2. The van der Waals surface area contributed by atoms with Gasteiger partial charge in [0, 0.05) is 0 Å². The molecule has 4 heteroatoms. The fourth-order valence-electron chi connectivity index (χ4n) is 1.83. The fourth-order valence-corrected chi connectivity index (χ4v) is 2.57. The number of rotatable bonds is 2. The summed E-state index contributed by atoms with van der Waals surface area (Å²) in [4.78, 5) is 0. The van der Waals surface area contributed by atoms with Crippen molar-refractivity contribution in [2.24, 2.45) is 5.92 Å². The summed E-state index contributed by atoms with van der Waals surface area (Å²) in [6.45, 7) is 1.48. The molecule has 72 valence electrons. The summed E-state index contributed by atoms with van der Waals surface area (Å²) in [6.07, 6.45) is 4.99. The van der Waals surface area contributed by atoms with E-state index in [4.69, 9.17) is 0 Å². The molecule has 0 aromatic carbocycles. The zero-order valence-electron chi connectivity index (χ0n) is 7.29. The van der Waals surface area contributed by atoms with Crippen LogP contribution >= 0.6 is 0 Å². The average Bonchev–Trinajstić information content (AvgIpc) is 2.03. The van der Waals surface area contributed by atoms with Gasteiger partial charge < -0.3 is 0 Å². The lowest BCUT2D eigenvalue weighted by Gasteiger charge is -2.24. The Morgan fingerprint density at radius 2 is 1.75 bits per heavy atom. The van der Waals surface area contributed by atoms with E-state index in [-0.39, 0.29) is 5.92 Å². The van der Waals surface area contributed by atoms with Gasteiger partial charge in [-0.25, -0.2) is 0 Å². The van der Waals surface area contributed by atoms with Crippen LogP contribution in [0.4, 0.5) is 3.89 Å². The molecule has 0 aliphatic heterocycles. The summed E-state index contributed by atoms with van der Waals surface area (Å²) < 4.78 is 33.7. The molecule has 1 atom stereocenters. The van der Waals surface area contributed by atoms with Crippen molar-refractivity contribution < 1.29 is 12.3 Å². The Bertz CT molecular complexity index is 229. The summed E-state index contributed by atoms with van der Waals surface area (Å²) in [5.74, 6) is 0.0498. The quantitative estimate of drug-likeness (QED) is 0.632. The maximum atomic E-state index is 12.5. The van der Waals surface area contributed by atoms with Crippen LogP contribution in [0.15, 0.2) is 0 Å². The smallest absolute Gasteiger partial charge is 0.195 e. The van der Waals surface area contributed by atoms with Crippen LogP contribution in [0.3, 0.4) is 0 Å². The van der Waals surface area contributed by atoms with Crippen LogP contribution in [0.25, 0.3) is 0 Å². The molecular weight excluding hydrogens is 179 g/mol. The van der Waals surface area contributed by atoms with Crippen LogP contribution in [-0.4, -0.2) is 13.7 Å². The largest absolute Gasteiger partial charge is 0.305 e. The van der Waals surface area contributed by atoms with Crippen molar-refractivity contribution in [1.82, 2.24) is 0 Å². The zero-order valence-corrected chi connectivity index (χ0v) is 8.11. The van der Waals surface area contributed by atoms with Gasteiger partial charge in [-0.15, -0.1) is 3.89 Å². The van der Waals surface area contributed by atoms with Gasteiger partial charge in [-0.05, 0) is 25.7 Å². The van der Waals surface area contributed by atoms with E-state index in [0.29, 0.717) is 0 Å². The Morgan fingerprint density at radius 1 is 1.25 bits per heavy atom. The highest BCUT2D eigenvalue weighted by Crippen LogP contribution is 2.29. The molecule has 1 aliphatic carbocycles. The second-order valence-electron chi connectivity index (χ2n) is 3.58. The Balaban J connectivity index is 2.57. The number of halogens is 1. The first-order chi connectivity index (χ1) is 5.52. The molecule has 1 aliphatic rings. The summed E-state index contributed by atoms with van der Waals surface area (Å²) in [6, 6.07) is 0. The first kappa shape index (κ1) is 9.96. The van der Waals surface area contributed by atoms with Crippen LogP contribution < -0.4 is 0 Å². The highest BCUT2D eigenvalue weighted by Gasteiger charge is 2.29. The van der Waals surface area contributed by atoms with E-state index in [1.165, 1.54) is 6.92 Å². The zero-order chi connectivity index (χ0) is 9.19. The van der Waals surface area contributed by atoms with Gasteiger partial charge in [-0.2, -0.15) is 8.42 Å². The normalized spacial score (nSPS) is 23.8. The molecule has 0 bridgehead atoms. The summed E-state index contributed by atoms with van der Waals surface area (Å²) in [7, 11) is -4.30. The standard InChI is InChI=1S/C8H15FO2S/c1-7(12(9,10)11)8-5-3-2-4-6-8/h7-8H,2-6H2,1H3. The summed E-state index contributed by atoms with van der Waals surface area (Å²) >= 11 is 0. The summed E-state index contributed by atoms with van der Waals surface area (Å²) in [5.41, 5.74) is 0. The Labute approximate surface area is 73.4 Å². The molecular formula is C8H15FO2S. The number of hydrogen-bond donors (Lipinski definition) is 0. The lowest BCUT2D eigenvalue weighted by atomic mass is 9.87. The monoisotopic (exact) mass is 194 g/mol. The maximum Gasteiger partial charge on any atom is 0.305 e. The van der Waals surface area contributed by atoms with Gasteiger partial charge in [0.2, 0.25) is 0 Å². The van der Waals surface area contributed by atoms with Crippen LogP contribution in [0.1, 0.15) is 39.0 Å². The van der Waals surface area contributed by atoms with Crippen LogP contribution in [0, 0.1) is 5.92 Å². The summed E-state index contributed by atoms with van der Waals surface area (Å²) in [5, 5.41) is -0.794. The topological polar surface area (TPSA) is 34.1 Å². The Hall–Kier alpha value is -0.120. The maximum absolute atomic E-state index is 12.5. The third-order valence-corrected chi connectivity index (χ3v) is 4.03. The minimum Gasteiger partial charge on any atom is -0.195 e. The van der Waals surface area contributed by atoms with E-state index in [2.05, 4.69) is 0 Å². The Kier molecular flexibility index (Phi) is 3.09. The van der Waals surface area contributed by atoms with Gasteiger partial charge in [0.25, 0.3) is 0 Å². The second kappa shape index (κ2) is 3.73. The first-order valence-corrected chi connectivity index (χ1v) is 5.90. The van der Waals surface area contributed by atoms with E-state index in [9.17, 15) is 12.3 Å². The molecule has 1 unspecified atom stereocenters. The van der Waals surface area contributed by atoms with E-state index >= 15 is 0 Å². The second-order valence-corrected chi connectivity index (χ2v) is 5.27. The van der Waals surface area contributed by atoms with Crippen molar-refractivity contribution in [3.05, 3.63) is 0 Å². The molecule has 0 amide bonds. The molecule has 0 aromatic heterocycles. The molecule has 0 saturated heterocycles. The van der Waals surface area contributed by atoms with Gasteiger partial charge >= 0.3 is 10.2 Å². The van der Waals surface area contributed by atoms with Crippen molar-refractivity contribution in [1.29, 1.82) is 0 Å². The highest BCUT2D eigenvalue weighted by molar-refractivity contribution is 7.87. The molecule has 1 fully saturated rings. The third kappa shape index (κ3) is 2.44. The molecule has 0 aromatic rings. The van der Waals surface area contributed by atoms with Crippen LogP contribution in [0.5, 0.6) is 0 Å². The predicted octanol–water partition coefficient (Wildman–Crippen LogP) is 2.25. The molecule has 0 N–H and O–H groups in total. The van der Waals surface area contributed by atoms with Gasteiger partial charge in [0.05, 0.1) is 5.25 Å². The van der Waals surface area contributed by atoms with Crippen LogP contribution in [-0.2, 0) is 10.2 Å². The van der Waals surface area contributed by atoms with E-state index in [1.807, 2.05) is 0 Å². The van der Waals surface area contributed by atoms with Crippen molar-refractivity contribution >= 4 is 10.2 Å². The first-order valence-electron chi connectivity index (χ1n) is 4.45. The molecule has 0 spiro atoms. The third-order valence-electron chi connectivity index (χ3n) is 2.76. The van der Waals surface area contributed by atoms with E-state index < -0.39 is 15.5 Å². The molecule has 12 heavy (non-hydrogen) atoms. The van der Waals surface area contributed by atoms with Crippen molar-refractivity contribution in [3.8, 4) is 0 Å². The van der Waals surface area contributed by atoms with Crippen LogP contribution in [0.2, 0.25) is 0 Å². The van der Waals surface area contributed by atoms with Crippen molar-refractivity contribution in [3.63, 3.8) is 0 Å². The minimum absolute atomic E-state index is 0.0498. The molecule has 0 radical (unpaired) electrons. The minimum atomic E-state index is -4.30. The van der Waals surface area contributed by atoms with E-state index in [0.717, 1.165) is 32.1 Å². The van der Waals surface area contributed by atoms with Gasteiger partial charge in [-0.3, -0.25) is 0 Å². The van der Waals surface area contributed by atoms with Gasteiger partial charge in [-0.1, -0.05) is 19.3 Å². The van der Waals surface area contributed by atoms with E-state index in [1.54, 1.807) is 0 Å². The average molecular weight is 194 g/mol. The molecule has 1 saturated carbocycles. The Morgan fingerprint density at radius 3 is 2.17 bits per heavy atom. The lowest BCUT2D eigenvalue weighted by Crippen LogP contribution is -2.25. The van der Waals surface area contributed by atoms with Crippen molar-refractivity contribution in [2.45, 2.75) is 44.3 Å². The SMILES string of the molecule is CC(C1CCCCC1)S(=O)(=O)F.